The van der Waals surface area contributed by atoms with Gasteiger partial charge in [0.05, 0.1) is 4.47 Å². The normalized spacial score (nSPS) is 12.4. The van der Waals surface area contributed by atoms with Gasteiger partial charge in [-0.2, -0.15) is 0 Å². The van der Waals surface area contributed by atoms with E-state index in [4.69, 9.17) is 5.41 Å². The molecule has 0 bridgehead atoms. The standard InChI is InChI=1S/C8H7Br2N5OS/c9-6-3-7(10)8(11)15(4-6)13-17(16)14-2-1-12-5-14/h1-5,11,13H. The second kappa shape index (κ2) is 5.15. The van der Waals surface area contributed by atoms with Crippen molar-refractivity contribution in [2.75, 3.05) is 4.83 Å². The van der Waals surface area contributed by atoms with Gasteiger partial charge in [0.15, 0.2) is 5.49 Å². The predicted molar refractivity (Wildman–Crippen MR) is 70.8 cm³/mol. The zero-order valence-corrected chi connectivity index (χ0v) is 12.3. The molecule has 0 aliphatic carbocycles. The van der Waals surface area contributed by atoms with Gasteiger partial charge in [0, 0.05) is 23.1 Å². The molecule has 2 aromatic rings. The number of nitrogens with zero attached hydrogens (tertiary/aromatic N) is 3. The molecular weight excluding hydrogens is 374 g/mol. The molecule has 17 heavy (non-hydrogen) atoms. The molecule has 6 nitrogen and oxygen atoms in total. The molecule has 0 saturated carbocycles. The van der Waals surface area contributed by atoms with Crippen molar-refractivity contribution in [1.82, 2.24) is 13.6 Å². The Morgan fingerprint density at radius 2 is 2.24 bits per heavy atom. The fraction of sp³-hybridized carbons (Fsp3) is 0. The zero-order valence-electron chi connectivity index (χ0n) is 8.30. The van der Waals surface area contributed by atoms with Gasteiger partial charge in [0.2, 0.25) is 11.2 Å². The molecule has 1 unspecified atom stereocenters. The van der Waals surface area contributed by atoms with Crippen LogP contribution in [-0.2, 0) is 11.2 Å². The SMILES string of the molecule is N=c1c(Br)cc(Br)cn1NS(=O)n1ccnc1. The van der Waals surface area contributed by atoms with Crippen molar-refractivity contribution in [3.8, 4) is 0 Å². The van der Waals surface area contributed by atoms with E-state index in [1.54, 1.807) is 18.5 Å². The molecule has 2 N–H and O–H groups in total. The van der Waals surface area contributed by atoms with E-state index in [9.17, 15) is 4.21 Å². The lowest BCUT2D eigenvalue weighted by atomic mass is 10.5. The highest BCUT2D eigenvalue weighted by Gasteiger charge is 2.04. The summed E-state index contributed by atoms with van der Waals surface area (Å²) in [7, 11) is 0. The second-order valence-corrected chi connectivity index (χ2v) is 5.86. The van der Waals surface area contributed by atoms with Crippen LogP contribution in [0.3, 0.4) is 0 Å². The fourth-order valence-electron chi connectivity index (χ4n) is 1.08. The Morgan fingerprint density at radius 3 is 2.88 bits per heavy atom. The summed E-state index contributed by atoms with van der Waals surface area (Å²) in [4.78, 5) is 6.46. The third-order valence-corrected chi connectivity index (χ3v) is 3.82. The van der Waals surface area contributed by atoms with Crippen molar-refractivity contribution < 1.29 is 4.21 Å². The van der Waals surface area contributed by atoms with E-state index in [0.717, 1.165) is 4.47 Å². The quantitative estimate of drug-likeness (QED) is 0.843. The number of imidazole rings is 1. The lowest BCUT2D eigenvalue weighted by Crippen LogP contribution is -2.32. The van der Waals surface area contributed by atoms with Crippen molar-refractivity contribution in [1.29, 1.82) is 5.41 Å². The average Bonchev–Trinajstić information content (AvgIpc) is 2.78. The number of rotatable bonds is 3. The van der Waals surface area contributed by atoms with Crippen LogP contribution in [0.15, 0.2) is 39.9 Å². The fourth-order valence-corrected chi connectivity index (χ4v) is 2.97. The molecule has 0 aliphatic heterocycles. The minimum atomic E-state index is -1.52. The molecule has 2 rings (SSSR count). The first-order valence-corrected chi connectivity index (χ1v) is 7.06. The molecular formula is C8H7Br2N5OS. The maximum Gasteiger partial charge on any atom is 0.243 e. The van der Waals surface area contributed by atoms with Crippen molar-refractivity contribution in [3.63, 3.8) is 0 Å². The summed E-state index contributed by atoms with van der Waals surface area (Å²) in [5.74, 6) is 0. The summed E-state index contributed by atoms with van der Waals surface area (Å²) in [6.45, 7) is 0. The summed E-state index contributed by atoms with van der Waals surface area (Å²) in [6, 6.07) is 1.74. The molecule has 0 spiro atoms. The van der Waals surface area contributed by atoms with Gasteiger partial charge >= 0.3 is 0 Å². The van der Waals surface area contributed by atoms with E-state index in [-0.39, 0.29) is 5.49 Å². The summed E-state index contributed by atoms with van der Waals surface area (Å²) < 4.78 is 15.9. The van der Waals surface area contributed by atoms with Gasteiger partial charge in [0.1, 0.15) is 6.33 Å². The van der Waals surface area contributed by atoms with Crippen LogP contribution in [0, 0.1) is 5.41 Å². The van der Waals surface area contributed by atoms with Crippen LogP contribution in [0.2, 0.25) is 0 Å². The Hall–Kier alpha value is -0.930. The molecule has 0 saturated heterocycles. The highest BCUT2D eigenvalue weighted by molar-refractivity contribution is 9.11. The van der Waals surface area contributed by atoms with Gasteiger partial charge < -0.3 is 0 Å². The first kappa shape index (κ1) is 12.5. The highest BCUT2D eigenvalue weighted by Crippen LogP contribution is 2.12. The minimum Gasteiger partial charge on any atom is -0.282 e. The number of hydrogen-bond acceptors (Lipinski definition) is 3. The van der Waals surface area contributed by atoms with Crippen LogP contribution < -0.4 is 10.3 Å². The van der Waals surface area contributed by atoms with E-state index in [2.05, 4.69) is 41.7 Å². The third-order valence-electron chi connectivity index (χ3n) is 1.83. The van der Waals surface area contributed by atoms with Gasteiger partial charge in [-0.1, -0.05) is 0 Å². The molecule has 0 fully saturated rings. The molecule has 0 amide bonds. The molecule has 0 aliphatic rings. The first-order valence-electron chi connectivity index (χ1n) is 4.37. The Morgan fingerprint density at radius 1 is 1.47 bits per heavy atom. The van der Waals surface area contributed by atoms with Gasteiger partial charge in [-0.25, -0.2) is 22.7 Å². The smallest absolute Gasteiger partial charge is 0.243 e. The van der Waals surface area contributed by atoms with Crippen LogP contribution >= 0.6 is 31.9 Å². The van der Waals surface area contributed by atoms with Crippen molar-refractivity contribution in [2.24, 2.45) is 0 Å². The number of pyridine rings is 1. The Labute approximate surface area is 116 Å². The van der Waals surface area contributed by atoms with Crippen LogP contribution in [-0.4, -0.2) is 17.8 Å². The molecule has 1 atom stereocenters. The van der Waals surface area contributed by atoms with Crippen LogP contribution in [0.5, 0.6) is 0 Å². The lowest BCUT2D eigenvalue weighted by molar-refractivity contribution is 0.673. The Balaban J connectivity index is 2.31. The summed E-state index contributed by atoms with van der Waals surface area (Å²) >= 11 is 5.01. The summed E-state index contributed by atoms with van der Waals surface area (Å²) in [5, 5.41) is 7.78. The van der Waals surface area contributed by atoms with Crippen molar-refractivity contribution in [3.05, 3.63) is 45.4 Å². The third kappa shape index (κ3) is 2.85. The topological polar surface area (TPSA) is 75.7 Å². The van der Waals surface area contributed by atoms with E-state index in [1.807, 2.05) is 0 Å². The number of aromatic nitrogens is 3. The zero-order chi connectivity index (χ0) is 12.4. The van der Waals surface area contributed by atoms with Crippen molar-refractivity contribution in [2.45, 2.75) is 0 Å². The van der Waals surface area contributed by atoms with Crippen LogP contribution in [0.1, 0.15) is 0 Å². The number of hydrogen-bond donors (Lipinski definition) is 2. The largest absolute Gasteiger partial charge is 0.282 e. The Kier molecular flexibility index (Phi) is 3.79. The molecule has 0 aromatic carbocycles. The van der Waals surface area contributed by atoms with Crippen LogP contribution in [0.25, 0.3) is 0 Å². The Bertz CT molecular complexity index is 609. The first-order chi connectivity index (χ1) is 8.08. The summed E-state index contributed by atoms with van der Waals surface area (Å²) in [5.41, 5.74) is 0.168. The van der Waals surface area contributed by atoms with Gasteiger partial charge in [-0.05, 0) is 37.9 Å². The monoisotopic (exact) mass is 379 g/mol. The average molecular weight is 381 g/mol. The van der Waals surface area contributed by atoms with E-state index in [1.165, 1.54) is 21.2 Å². The molecule has 0 radical (unpaired) electrons. The van der Waals surface area contributed by atoms with Gasteiger partial charge in [0.25, 0.3) is 0 Å². The second-order valence-electron chi connectivity index (χ2n) is 2.99. The van der Waals surface area contributed by atoms with Gasteiger partial charge in [-0.3, -0.25) is 5.41 Å². The van der Waals surface area contributed by atoms with E-state index < -0.39 is 11.2 Å². The van der Waals surface area contributed by atoms with E-state index in [0.29, 0.717) is 4.47 Å². The summed E-state index contributed by atoms with van der Waals surface area (Å²) in [6.07, 6.45) is 6.14. The predicted octanol–water partition coefficient (Wildman–Crippen LogP) is 1.36. The highest BCUT2D eigenvalue weighted by atomic mass is 79.9. The van der Waals surface area contributed by atoms with Gasteiger partial charge in [-0.15, -0.1) is 0 Å². The molecule has 90 valence electrons. The maximum atomic E-state index is 11.8. The molecule has 2 heterocycles. The molecule has 2 aromatic heterocycles. The molecule has 9 heteroatoms. The number of halogens is 2. The van der Waals surface area contributed by atoms with Crippen molar-refractivity contribution >= 4 is 43.0 Å². The van der Waals surface area contributed by atoms with E-state index >= 15 is 0 Å². The minimum absolute atomic E-state index is 0.168. The van der Waals surface area contributed by atoms with Crippen LogP contribution in [0.4, 0.5) is 0 Å². The lowest BCUT2D eigenvalue weighted by Gasteiger charge is -2.10. The number of nitrogens with one attached hydrogen (secondary N) is 2. The maximum absolute atomic E-state index is 11.8.